The average Bonchev–Trinajstić information content (AvgIpc) is 2.74. The SMILES string of the molecule is CCN(CC(C)C)S(=O)(=O)c1csc(CCl)c1. The van der Waals surface area contributed by atoms with Crippen LogP contribution >= 0.6 is 22.9 Å². The van der Waals surface area contributed by atoms with Gasteiger partial charge in [0, 0.05) is 23.3 Å². The summed E-state index contributed by atoms with van der Waals surface area (Å²) in [5.74, 6) is 0.673. The van der Waals surface area contributed by atoms with Crippen LogP contribution < -0.4 is 0 Å². The van der Waals surface area contributed by atoms with Gasteiger partial charge < -0.3 is 0 Å². The van der Waals surface area contributed by atoms with E-state index >= 15 is 0 Å². The number of nitrogens with zero attached hydrogens (tertiary/aromatic N) is 1. The van der Waals surface area contributed by atoms with E-state index in [0.717, 1.165) is 4.88 Å². The third kappa shape index (κ3) is 3.68. The molecule has 17 heavy (non-hydrogen) atoms. The molecular weight excluding hydrogens is 278 g/mol. The van der Waals surface area contributed by atoms with Gasteiger partial charge in [0.2, 0.25) is 10.0 Å². The van der Waals surface area contributed by atoms with Gasteiger partial charge in [-0.2, -0.15) is 4.31 Å². The van der Waals surface area contributed by atoms with Gasteiger partial charge in [0.05, 0.1) is 10.8 Å². The van der Waals surface area contributed by atoms with Crippen molar-refractivity contribution in [2.24, 2.45) is 5.92 Å². The lowest BCUT2D eigenvalue weighted by Crippen LogP contribution is -2.33. The maximum absolute atomic E-state index is 12.3. The molecule has 0 aromatic carbocycles. The van der Waals surface area contributed by atoms with Gasteiger partial charge in [-0.05, 0) is 12.0 Å². The van der Waals surface area contributed by atoms with Crippen LogP contribution in [0.1, 0.15) is 25.6 Å². The third-order valence-corrected chi connectivity index (χ3v) is 5.77. The molecule has 0 unspecified atom stereocenters. The molecule has 0 fully saturated rings. The van der Waals surface area contributed by atoms with Crippen LogP contribution in [-0.2, 0) is 15.9 Å². The van der Waals surface area contributed by atoms with Crippen molar-refractivity contribution in [1.82, 2.24) is 4.31 Å². The Morgan fingerprint density at radius 3 is 2.53 bits per heavy atom. The van der Waals surface area contributed by atoms with Crippen molar-refractivity contribution in [2.75, 3.05) is 13.1 Å². The Labute approximate surface area is 112 Å². The lowest BCUT2D eigenvalue weighted by Gasteiger charge is -2.21. The third-order valence-electron chi connectivity index (χ3n) is 2.32. The number of hydrogen-bond donors (Lipinski definition) is 0. The second-order valence-electron chi connectivity index (χ2n) is 4.23. The lowest BCUT2D eigenvalue weighted by atomic mass is 10.2. The summed E-state index contributed by atoms with van der Waals surface area (Å²) in [6.07, 6.45) is 0. The molecule has 1 heterocycles. The summed E-state index contributed by atoms with van der Waals surface area (Å²) in [5, 5.41) is 1.66. The monoisotopic (exact) mass is 295 g/mol. The van der Waals surface area contributed by atoms with E-state index in [4.69, 9.17) is 11.6 Å². The number of hydrogen-bond acceptors (Lipinski definition) is 3. The summed E-state index contributed by atoms with van der Waals surface area (Å²) in [6, 6.07) is 1.66. The Hall–Kier alpha value is -0.100. The Morgan fingerprint density at radius 2 is 2.12 bits per heavy atom. The quantitative estimate of drug-likeness (QED) is 0.756. The topological polar surface area (TPSA) is 37.4 Å². The molecule has 1 aromatic heterocycles. The minimum atomic E-state index is -3.35. The van der Waals surface area contributed by atoms with Gasteiger partial charge in [-0.1, -0.05) is 20.8 Å². The second-order valence-corrected chi connectivity index (χ2v) is 7.43. The first-order chi connectivity index (χ1) is 7.91. The number of alkyl halides is 1. The highest BCUT2D eigenvalue weighted by molar-refractivity contribution is 7.89. The Balaban J connectivity index is 2.99. The van der Waals surface area contributed by atoms with Crippen molar-refractivity contribution in [3.05, 3.63) is 16.3 Å². The Morgan fingerprint density at radius 1 is 1.47 bits per heavy atom. The van der Waals surface area contributed by atoms with Crippen molar-refractivity contribution in [3.63, 3.8) is 0 Å². The predicted octanol–water partition coefficient (Wildman–Crippen LogP) is 3.15. The molecule has 0 radical (unpaired) electrons. The fourth-order valence-corrected chi connectivity index (χ4v) is 4.51. The smallest absolute Gasteiger partial charge is 0.207 e. The Bertz CT molecular complexity index is 454. The molecule has 1 rings (SSSR count). The normalized spacial score (nSPS) is 12.6. The van der Waals surface area contributed by atoms with Crippen LogP contribution in [0.2, 0.25) is 0 Å². The number of rotatable bonds is 6. The van der Waals surface area contributed by atoms with Crippen LogP contribution in [0.15, 0.2) is 16.3 Å². The predicted molar refractivity (Wildman–Crippen MR) is 73.1 cm³/mol. The van der Waals surface area contributed by atoms with E-state index in [0.29, 0.717) is 29.8 Å². The Kier molecular flexibility index (Phi) is 5.44. The molecule has 0 spiro atoms. The van der Waals surface area contributed by atoms with Gasteiger partial charge >= 0.3 is 0 Å². The largest absolute Gasteiger partial charge is 0.243 e. The molecule has 3 nitrogen and oxygen atoms in total. The van der Waals surface area contributed by atoms with E-state index in [1.165, 1.54) is 15.6 Å². The molecule has 1 aromatic rings. The van der Waals surface area contributed by atoms with Gasteiger partial charge in [0.1, 0.15) is 0 Å². The maximum Gasteiger partial charge on any atom is 0.243 e. The van der Waals surface area contributed by atoms with E-state index in [1.54, 1.807) is 11.4 Å². The second kappa shape index (κ2) is 6.18. The van der Waals surface area contributed by atoms with Crippen molar-refractivity contribution < 1.29 is 8.42 Å². The van der Waals surface area contributed by atoms with Crippen molar-refractivity contribution >= 4 is 33.0 Å². The first-order valence-corrected chi connectivity index (χ1v) is 8.40. The van der Waals surface area contributed by atoms with Crippen LogP contribution in [0.25, 0.3) is 0 Å². The first-order valence-electron chi connectivity index (χ1n) is 5.55. The van der Waals surface area contributed by atoms with E-state index in [2.05, 4.69) is 0 Å². The zero-order valence-corrected chi connectivity index (χ0v) is 12.7. The molecule has 0 aliphatic heterocycles. The zero-order valence-electron chi connectivity index (χ0n) is 10.3. The fraction of sp³-hybridized carbons (Fsp3) is 0.636. The van der Waals surface area contributed by atoms with Crippen LogP contribution in [-0.4, -0.2) is 25.8 Å². The summed E-state index contributed by atoms with van der Waals surface area (Å²) in [7, 11) is -3.35. The standard InChI is InChI=1S/C11H18ClNO2S2/c1-4-13(7-9(2)3)17(14,15)11-5-10(6-12)16-8-11/h5,8-9H,4,6-7H2,1-3H3. The van der Waals surface area contributed by atoms with Gasteiger partial charge in [-0.3, -0.25) is 0 Å². The maximum atomic E-state index is 12.3. The number of sulfonamides is 1. The molecule has 0 saturated heterocycles. The minimum absolute atomic E-state index is 0.316. The molecular formula is C11H18ClNO2S2. The van der Waals surface area contributed by atoms with E-state index < -0.39 is 10.0 Å². The zero-order chi connectivity index (χ0) is 13.1. The summed E-state index contributed by atoms with van der Waals surface area (Å²) in [5.41, 5.74) is 0. The van der Waals surface area contributed by atoms with Crippen LogP contribution in [0.3, 0.4) is 0 Å². The first kappa shape index (κ1) is 15.0. The molecule has 0 bridgehead atoms. The highest BCUT2D eigenvalue weighted by Gasteiger charge is 2.24. The van der Waals surface area contributed by atoms with Crippen LogP contribution in [0.5, 0.6) is 0 Å². The minimum Gasteiger partial charge on any atom is -0.207 e. The summed E-state index contributed by atoms with van der Waals surface area (Å²) in [4.78, 5) is 1.24. The summed E-state index contributed by atoms with van der Waals surface area (Å²) >= 11 is 7.08. The highest BCUT2D eigenvalue weighted by atomic mass is 35.5. The van der Waals surface area contributed by atoms with Gasteiger partial charge in [-0.15, -0.1) is 22.9 Å². The van der Waals surface area contributed by atoms with Crippen molar-refractivity contribution in [3.8, 4) is 0 Å². The van der Waals surface area contributed by atoms with Gasteiger partial charge in [0.25, 0.3) is 0 Å². The van der Waals surface area contributed by atoms with E-state index in [1.807, 2.05) is 20.8 Å². The van der Waals surface area contributed by atoms with Gasteiger partial charge in [0.15, 0.2) is 0 Å². The summed E-state index contributed by atoms with van der Waals surface area (Å²) in [6.45, 7) is 6.91. The molecule has 0 atom stereocenters. The molecule has 0 N–H and O–H groups in total. The molecule has 0 amide bonds. The van der Waals surface area contributed by atoms with Crippen molar-refractivity contribution in [2.45, 2.75) is 31.5 Å². The average molecular weight is 296 g/mol. The molecule has 0 saturated carbocycles. The molecule has 0 aliphatic rings. The molecule has 0 aliphatic carbocycles. The summed E-state index contributed by atoms with van der Waals surface area (Å²) < 4.78 is 26.1. The van der Waals surface area contributed by atoms with Crippen molar-refractivity contribution in [1.29, 1.82) is 0 Å². The molecule has 6 heteroatoms. The lowest BCUT2D eigenvalue weighted by molar-refractivity contribution is 0.381. The number of halogens is 1. The molecule has 98 valence electrons. The number of thiophene rings is 1. The fourth-order valence-electron chi connectivity index (χ4n) is 1.52. The van der Waals surface area contributed by atoms with Crippen LogP contribution in [0.4, 0.5) is 0 Å². The van der Waals surface area contributed by atoms with E-state index in [-0.39, 0.29) is 0 Å². The van der Waals surface area contributed by atoms with E-state index in [9.17, 15) is 8.42 Å². The van der Waals surface area contributed by atoms with Gasteiger partial charge in [-0.25, -0.2) is 8.42 Å². The van der Waals surface area contributed by atoms with Crippen LogP contribution in [0, 0.1) is 5.92 Å². The highest BCUT2D eigenvalue weighted by Crippen LogP contribution is 2.24.